The number of aliphatic hydroxyl groups excluding tert-OH is 1. The summed E-state index contributed by atoms with van der Waals surface area (Å²) in [6.07, 6.45) is 0.812. The van der Waals surface area contributed by atoms with Crippen molar-refractivity contribution in [3.63, 3.8) is 0 Å². The minimum Gasteiger partial charge on any atom is -0.396 e. The topological polar surface area (TPSA) is 35.5 Å². The highest BCUT2D eigenvalue weighted by molar-refractivity contribution is 9.10. The Hall–Kier alpha value is -0.580. The highest BCUT2D eigenvalue weighted by Crippen LogP contribution is 2.27. The van der Waals surface area contributed by atoms with Crippen molar-refractivity contribution in [1.29, 1.82) is 0 Å². The first kappa shape index (κ1) is 13.8. The Morgan fingerprint density at radius 3 is 2.89 bits per heavy atom. The molecule has 2 rings (SSSR count). The molecule has 2 atom stereocenters. The van der Waals surface area contributed by atoms with Crippen LogP contribution in [0.25, 0.3) is 0 Å². The van der Waals surface area contributed by atoms with E-state index in [9.17, 15) is 5.11 Å². The first-order valence-corrected chi connectivity index (χ1v) is 7.29. The van der Waals surface area contributed by atoms with E-state index in [0.717, 1.165) is 24.0 Å². The third-order valence-electron chi connectivity index (χ3n) is 3.59. The Labute approximate surface area is 117 Å². The maximum absolute atomic E-state index is 9.21. The molecule has 1 aliphatic heterocycles. The molecule has 3 nitrogen and oxygen atoms in total. The molecule has 4 heteroatoms. The van der Waals surface area contributed by atoms with Crippen molar-refractivity contribution in [3.05, 3.63) is 28.2 Å². The number of rotatable bonds is 3. The van der Waals surface area contributed by atoms with Crippen LogP contribution in [0.15, 0.2) is 22.7 Å². The van der Waals surface area contributed by atoms with Gasteiger partial charge in [-0.15, -0.1) is 0 Å². The maximum atomic E-state index is 9.21. The van der Waals surface area contributed by atoms with Gasteiger partial charge in [0.2, 0.25) is 0 Å². The van der Waals surface area contributed by atoms with E-state index >= 15 is 0 Å². The summed E-state index contributed by atoms with van der Waals surface area (Å²) in [6, 6.07) is 7.31. The van der Waals surface area contributed by atoms with E-state index in [-0.39, 0.29) is 6.61 Å². The number of piperazine rings is 1. The van der Waals surface area contributed by atoms with Crippen molar-refractivity contribution in [3.8, 4) is 0 Å². The number of hydrogen-bond acceptors (Lipinski definition) is 3. The Bertz CT molecular complexity index is 409. The number of benzene rings is 1. The first-order valence-electron chi connectivity index (χ1n) is 6.49. The lowest BCUT2D eigenvalue weighted by molar-refractivity contribution is 0.259. The lowest BCUT2D eigenvalue weighted by atomic mass is 10.0. The van der Waals surface area contributed by atoms with Gasteiger partial charge >= 0.3 is 0 Å². The molecule has 100 valence electrons. The minimum atomic E-state index is 0.241. The van der Waals surface area contributed by atoms with Crippen LogP contribution in [0.2, 0.25) is 0 Å². The van der Waals surface area contributed by atoms with Crippen molar-refractivity contribution < 1.29 is 5.11 Å². The van der Waals surface area contributed by atoms with Gasteiger partial charge in [-0.05, 0) is 44.0 Å². The number of nitrogens with zero attached hydrogens (tertiary/aromatic N) is 1. The first-order chi connectivity index (χ1) is 8.63. The number of nitrogens with one attached hydrogen (secondary N) is 1. The third-order valence-corrected chi connectivity index (χ3v) is 4.48. The van der Waals surface area contributed by atoms with E-state index in [0.29, 0.717) is 12.1 Å². The number of anilines is 1. The van der Waals surface area contributed by atoms with Crippen molar-refractivity contribution in [2.45, 2.75) is 32.4 Å². The fourth-order valence-corrected chi connectivity index (χ4v) is 2.91. The van der Waals surface area contributed by atoms with Gasteiger partial charge in [0.25, 0.3) is 0 Å². The van der Waals surface area contributed by atoms with Crippen LogP contribution in [0.4, 0.5) is 5.69 Å². The predicted molar refractivity (Wildman–Crippen MR) is 79.2 cm³/mol. The molecule has 18 heavy (non-hydrogen) atoms. The summed E-state index contributed by atoms with van der Waals surface area (Å²) in [7, 11) is 0. The molecule has 1 aromatic carbocycles. The van der Waals surface area contributed by atoms with E-state index < -0.39 is 0 Å². The summed E-state index contributed by atoms with van der Waals surface area (Å²) >= 11 is 3.54. The molecule has 1 saturated heterocycles. The zero-order chi connectivity index (χ0) is 13.1. The molecule has 0 amide bonds. The Morgan fingerprint density at radius 1 is 1.44 bits per heavy atom. The fourth-order valence-electron chi connectivity index (χ4n) is 2.66. The predicted octanol–water partition coefficient (Wildman–Crippen LogP) is 2.31. The number of halogens is 1. The van der Waals surface area contributed by atoms with Gasteiger partial charge in [0.05, 0.1) is 0 Å². The molecule has 0 saturated carbocycles. The summed E-state index contributed by atoms with van der Waals surface area (Å²) in [6.45, 7) is 6.53. The zero-order valence-electron chi connectivity index (χ0n) is 11.0. The summed E-state index contributed by atoms with van der Waals surface area (Å²) < 4.78 is 1.15. The normalized spacial score (nSPS) is 24.3. The lowest BCUT2D eigenvalue weighted by Crippen LogP contribution is -2.56. The van der Waals surface area contributed by atoms with Gasteiger partial charge in [-0.3, -0.25) is 0 Å². The van der Waals surface area contributed by atoms with Gasteiger partial charge in [-0.2, -0.15) is 0 Å². The van der Waals surface area contributed by atoms with Gasteiger partial charge in [0.15, 0.2) is 0 Å². The molecule has 0 aliphatic carbocycles. The van der Waals surface area contributed by atoms with E-state index in [1.165, 1.54) is 11.3 Å². The molecule has 1 aliphatic rings. The summed E-state index contributed by atoms with van der Waals surface area (Å²) in [5.41, 5.74) is 2.50. The number of aliphatic hydroxyl groups is 1. The summed E-state index contributed by atoms with van der Waals surface area (Å²) in [4.78, 5) is 2.44. The molecule has 2 N–H and O–H groups in total. The maximum Gasteiger partial charge on any atom is 0.0451 e. The van der Waals surface area contributed by atoms with Gasteiger partial charge < -0.3 is 15.3 Å². The second kappa shape index (κ2) is 6.04. The van der Waals surface area contributed by atoms with Crippen LogP contribution in [-0.4, -0.2) is 36.9 Å². The molecule has 0 spiro atoms. The molecular formula is C14H21BrN2O. The van der Waals surface area contributed by atoms with E-state index in [2.05, 4.69) is 58.2 Å². The van der Waals surface area contributed by atoms with Crippen molar-refractivity contribution >= 4 is 21.6 Å². The van der Waals surface area contributed by atoms with Crippen molar-refractivity contribution in [2.75, 3.05) is 24.6 Å². The van der Waals surface area contributed by atoms with Crippen LogP contribution >= 0.6 is 15.9 Å². The van der Waals surface area contributed by atoms with Gasteiger partial charge in [0.1, 0.15) is 0 Å². The standard InChI is InChI=1S/C14H21BrN2O/c1-10-7-12(3-4-14(10)15)17-11(2)8-16-9-13(17)5-6-18/h3-4,7,11,13,16,18H,5-6,8-9H2,1-2H3. The van der Waals surface area contributed by atoms with Crippen LogP contribution in [-0.2, 0) is 0 Å². The Morgan fingerprint density at radius 2 is 2.22 bits per heavy atom. The molecule has 2 unspecified atom stereocenters. The molecule has 0 aromatic heterocycles. The monoisotopic (exact) mass is 312 g/mol. The molecule has 0 bridgehead atoms. The highest BCUT2D eigenvalue weighted by Gasteiger charge is 2.27. The van der Waals surface area contributed by atoms with E-state index in [1.54, 1.807) is 0 Å². The summed E-state index contributed by atoms with van der Waals surface area (Å²) in [5.74, 6) is 0. The number of hydrogen-bond donors (Lipinski definition) is 2. The van der Waals surface area contributed by atoms with Gasteiger partial charge in [-0.25, -0.2) is 0 Å². The van der Waals surface area contributed by atoms with Gasteiger partial charge in [-0.1, -0.05) is 15.9 Å². The molecule has 1 aromatic rings. The highest BCUT2D eigenvalue weighted by atomic mass is 79.9. The lowest BCUT2D eigenvalue weighted by Gasteiger charge is -2.43. The van der Waals surface area contributed by atoms with E-state index in [4.69, 9.17) is 0 Å². The molecule has 0 radical (unpaired) electrons. The Kier molecular flexibility index (Phi) is 4.65. The average Bonchev–Trinajstić information content (AvgIpc) is 2.34. The van der Waals surface area contributed by atoms with Crippen LogP contribution < -0.4 is 10.2 Å². The van der Waals surface area contributed by atoms with Crippen LogP contribution in [0, 0.1) is 6.92 Å². The van der Waals surface area contributed by atoms with Crippen molar-refractivity contribution in [2.24, 2.45) is 0 Å². The smallest absolute Gasteiger partial charge is 0.0451 e. The van der Waals surface area contributed by atoms with Crippen LogP contribution in [0.1, 0.15) is 18.9 Å². The minimum absolute atomic E-state index is 0.241. The zero-order valence-corrected chi connectivity index (χ0v) is 12.6. The quantitative estimate of drug-likeness (QED) is 0.899. The fraction of sp³-hybridized carbons (Fsp3) is 0.571. The van der Waals surface area contributed by atoms with Crippen LogP contribution in [0.3, 0.4) is 0 Å². The average molecular weight is 313 g/mol. The number of aryl methyl sites for hydroxylation is 1. The Balaban J connectivity index is 2.28. The van der Waals surface area contributed by atoms with Gasteiger partial charge in [0, 0.05) is 41.9 Å². The van der Waals surface area contributed by atoms with Crippen LogP contribution in [0.5, 0.6) is 0 Å². The largest absolute Gasteiger partial charge is 0.396 e. The molecular weight excluding hydrogens is 292 g/mol. The molecule has 1 fully saturated rings. The molecule has 1 heterocycles. The second-order valence-electron chi connectivity index (χ2n) is 5.01. The summed E-state index contributed by atoms with van der Waals surface area (Å²) in [5, 5.41) is 12.6. The second-order valence-corrected chi connectivity index (χ2v) is 5.87. The van der Waals surface area contributed by atoms with Crippen molar-refractivity contribution in [1.82, 2.24) is 5.32 Å². The van der Waals surface area contributed by atoms with E-state index in [1.807, 2.05) is 0 Å². The third kappa shape index (κ3) is 2.87. The SMILES string of the molecule is Cc1cc(N2C(C)CNCC2CCO)ccc1Br.